The lowest BCUT2D eigenvalue weighted by molar-refractivity contribution is -0.118. The number of nitrogens with zero attached hydrogens (tertiary/aromatic N) is 6. The largest absolute Gasteiger partial charge is 0.337 e. The normalized spacial score (nSPS) is 15.2. The number of pyridine rings is 1. The third-order valence-corrected chi connectivity index (χ3v) is 7.36. The zero-order valence-electron chi connectivity index (χ0n) is 21.3. The second kappa shape index (κ2) is 10.2. The van der Waals surface area contributed by atoms with Gasteiger partial charge in [0, 0.05) is 49.2 Å². The van der Waals surface area contributed by atoms with Gasteiger partial charge in [-0.2, -0.15) is 5.10 Å². The molecule has 41 heavy (non-hydrogen) atoms. The average molecular weight is 561 g/mol. The number of halogens is 4. The van der Waals surface area contributed by atoms with Crippen molar-refractivity contribution >= 4 is 23.2 Å². The quantitative estimate of drug-likeness (QED) is 0.195. The summed E-state index contributed by atoms with van der Waals surface area (Å²) in [7, 11) is 0. The first-order valence-electron chi connectivity index (χ1n) is 12.7. The molecule has 2 aromatic heterocycles. The minimum atomic E-state index is -1.62. The first-order chi connectivity index (χ1) is 19.8. The van der Waals surface area contributed by atoms with Crippen molar-refractivity contribution in [1.29, 1.82) is 0 Å². The van der Waals surface area contributed by atoms with E-state index in [1.807, 2.05) is 0 Å². The molecule has 0 bridgehead atoms. The van der Waals surface area contributed by atoms with Crippen LogP contribution >= 0.6 is 0 Å². The molecule has 2 aromatic carbocycles. The third kappa shape index (κ3) is 4.49. The van der Waals surface area contributed by atoms with E-state index in [2.05, 4.69) is 14.9 Å². The molecule has 1 fully saturated rings. The number of likely N-dealkylation sites (tertiary alicyclic amines) is 1. The Labute approximate surface area is 231 Å². The van der Waals surface area contributed by atoms with Crippen molar-refractivity contribution in [3.05, 3.63) is 101 Å². The number of piperidine rings is 1. The van der Waals surface area contributed by atoms with Crippen LogP contribution in [0.3, 0.4) is 0 Å². The van der Waals surface area contributed by atoms with E-state index in [4.69, 9.17) is 6.57 Å². The highest BCUT2D eigenvalue weighted by Crippen LogP contribution is 2.42. The van der Waals surface area contributed by atoms with Gasteiger partial charge in [0.15, 0.2) is 23.1 Å². The van der Waals surface area contributed by atoms with Gasteiger partial charge in [-0.1, -0.05) is 6.07 Å². The van der Waals surface area contributed by atoms with Crippen molar-refractivity contribution in [2.45, 2.75) is 25.3 Å². The maximum absolute atomic E-state index is 14.3. The fourth-order valence-corrected chi connectivity index (χ4v) is 5.43. The minimum absolute atomic E-state index is 0.00703. The number of hydrogen-bond donors (Lipinski definition) is 0. The summed E-state index contributed by atoms with van der Waals surface area (Å²) >= 11 is 0. The molecule has 0 aliphatic carbocycles. The summed E-state index contributed by atoms with van der Waals surface area (Å²) < 4.78 is 57.2. The summed E-state index contributed by atoms with van der Waals surface area (Å²) in [6.07, 6.45) is 3.88. The molecule has 0 saturated carbocycles. The van der Waals surface area contributed by atoms with Gasteiger partial charge in [-0.3, -0.25) is 14.6 Å². The van der Waals surface area contributed by atoms with Crippen LogP contribution in [0, 0.1) is 29.8 Å². The van der Waals surface area contributed by atoms with Crippen LogP contribution in [0.15, 0.2) is 54.9 Å². The molecule has 4 heterocycles. The standard InChI is InChI=1S/C29H20F4N6O2/c1-34-27-20(30)5-4-16-11-25(40)38(28(16)27)18-6-9-37(10-7-18)29(41)23-14-24(17-3-2-8-35-15-17)39(36-23)19-12-21(31)26(33)22(32)13-19/h2-5,8,12-15,18H,6-7,9-11H2. The number of carbonyl (C=O) groups is 2. The highest BCUT2D eigenvalue weighted by atomic mass is 19.2. The number of rotatable bonds is 4. The Bertz CT molecular complexity index is 1720. The van der Waals surface area contributed by atoms with Crippen LogP contribution < -0.4 is 4.90 Å². The fourth-order valence-electron chi connectivity index (χ4n) is 5.43. The zero-order chi connectivity index (χ0) is 28.8. The number of amides is 2. The summed E-state index contributed by atoms with van der Waals surface area (Å²) in [6, 6.07) is 8.75. The molecule has 0 radical (unpaired) electrons. The molecular formula is C29H20F4N6O2. The lowest BCUT2D eigenvalue weighted by Crippen LogP contribution is -2.48. The Morgan fingerprint density at radius 2 is 1.73 bits per heavy atom. The monoisotopic (exact) mass is 560 g/mol. The molecule has 4 aromatic rings. The second-order valence-corrected chi connectivity index (χ2v) is 9.77. The third-order valence-electron chi connectivity index (χ3n) is 7.36. The first kappa shape index (κ1) is 26.2. The molecule has 2 amide bonds. The molecule has 0 unspecified atom stereocenters. The van der Waals surface area contributed by atoms with Crippen molar-refractivity contribution in [1.82, 2.24) is 19.7 Å². The first-order valence-corrected chi connectivity index (χ1v) is 12.7. The average Bonchev–Trinajstić information content (AvgIpc) is 3.57. The van der Waals surface area contributed by atoms with E-state index in [-0.39, 0.29) is 48.5 Å². The van der Waals surface area contributed by atoms with Gasteiger partial charge in [-0.25, -0.2) is 27.1 Å². The number of fused-ring (bicyclic) bond motifs is 1. The maximum atomic E-state index is 14.3. The Morgan fingerprint density at radius 1 is 1.00 bits per heavy atom. The molecule has 8 nitrogen and oxygen atoms in total. The molecule has 6 rings (SSSR count). The van der Waals surface area contributed by atoms with Gasteiger partial charge in [0.25, 0.3) is 5.91 Å². The summed E-state index contributed by atoms with van der Waals surface area (Å²) in [5, 5.41) is 4.32. The number of benzene rings is 2. The van der Waals surface area contributed by atoms with Gasteiger partial charge < -0.3 is 9.80 Å². The molecule has 0 N–H and O–H groups in total. The lowest BCUT2D eigenvalue weighted by Gasteiger charge is -2.37. The van der Waals surface area contributed by atoms with E-state index in [1.54, 1.807) is 17.0 Å². The molecule has 12 heteroatoms. The summed E-state index contributed by atoms with van der Waals surface area (Å²) in [6.45, 7) is 7.91. The van der Waals surface area contributed by atoms with Crippen LogP contribution in [-0.2, 0) is 11.2 Å². The lowest BCUT2D eigenvalue weighted by atomic mass is 10.0. The van der Waals surface area contributed by atoms with Crippen LogP contribution in [-0.4, -0.2) is 50.6 Å². The molecule has 2 aliphatic heterocycles. The van der Waals surface area contributed by atoms with Crippen LogP contribution in [0.5, 0.6) is 0 Å². The molecule has 0 atom stereocenters. The van der Waals surface area contributed by atoms with Crippen molar-refractivity contribution in [3.8, 4) is 16.9 Å². The minimum Gasteiger partial charge on any atom is -0.337 e. The van der Waals surface area contributed by atoms with Crippen molar-refractivity contribution in [2.24, 2.45) is 0 Å². The highest BCUT2D eigenvalue weighted by Gasteiger charge is 2.38. The Hall–Kier alpha value is -5.05. The Morgan fingerprint density at radius 3 is 2.39 bits per heavy atom. The van der Waals surface area contributed by atoms with E-state index in [1.165, 1.54) is 35.5 Å². The number of hydrogen-bond acceptors (Lipinski definition) is 4. The summed E-state index contributed by atoms with van der Waals surface area (Å²) in [5.74, 6) is -5.78. The number of carbonyl (C=O) groups excluding carboxylic acids is 2. The smallest absolute Gasteiger partial charge is 0.274 e. The van der Waals surface area contributed by atoms with Crippen molar-refractivity contribution in [3.63, 3.8) is 0 Å². The predicted octanol–water partition coefficient (Wildman–Crippen LogP) is 5.24. The van der Waals surface area contributed by atoms with Crippen LogP contribution in [0.4, 0.5) is 28.9 Å². The van der Waals surface area contributed by atoms with E-state index in [0.29, 0.717) is 35.3 Å². The highest BCUT2D eigenvalue weighted by molar-refractivity contribution is 6.05. The number of aromatic nitrogens is 3. The fraction of sp³-hybridized carbons (Fsp3) is 0.207. The van der Waals surface area contributed by atoms with Gasteiger partial charge in [0.05, 0.1) is 30.1 Å². The van der Waals surface area contributed by atoms with Crippen molar-refractivity contribution in [2.75, 3.05) is 18.0 Å². The van der Waals surface area contributed by atoms with Crippen LogP contribution in [0.25, 0.3) is 21.8 Å². The SMILES string of the molecule is [C-]#[N+]c1c(F)ccc2c1N(C1CCN(C(=O)c3cc(-c4cccnc4)n(-c4cc(F)c(F)c(F)c4)n3)CC1)C(=O)C2. The predicted molar refractivity (Wildman–Crippen MR) is 139 cm³/mol. The van der Waals surface area contributed by atoms with Crippen LogP contribution in [0.1, 0.15) is 28.9 Å². The topological polar surface area (TPSA) is 75.7 Å². The van der Waals surface area contributed by atoms with E-state index < -0.39 is 29.2 Å². The molecule has 1 saturated heterocycles. The molecule has 206 valence electrons. The van der Waals surface area contributed by atoms with Gasteiger partial charge in [-0.05, 0) is 42.7 Å². The summed E-state index contributed by atoms with van der Waals surface area (Å²) in [5.41, 5.74) is 1.41. The van der Waals surface area contributed by atoms with Gasteiger partial charge >= 0.3 is 0 Å². The van der Waals surface area contributed by atoms with Crippen LogP contribution in [0.2, 0.25) is 0 Å². The zero-order valence-corrected chi connectivity index (χ0v) is 21.3. The molecule has 2 aliphatic rings. The van der Waals surface area contributed by atoms with Gasteiger partial charge in [-0.15, -0.1) is 0 Å². The molecule has 0 spiro atoms. The summed E-state index contributed by atoms with van der Waals surface area (Å²) in [4.78, 5) is 36.8. The number of anilines is 1. The molecular weight excluding hydrogens is 540 g/mol. The Balaban J connectivity index is 1.27. The Kier molecular flexibility index (Phi) is 6.49. The van der Waals surface area contributed by atoms with Gasteiger partial charge in [0.2, 0.25) is 11.6 Å². The van der Waals surface area contributed by atoms with E-state index in [9.17, 15) is 27.2 Å². The van der Waals surface area contributed by atoms with Gasteiger partial charge in [0.1, 0.15) is 5.82 Å². The maximum Gasteiger partial charge on any atom is 0.274 e. The van der Waals surface area contributed by atoms with E-state index in [0.717, 1.165) is 16.8 Å². The van der Waals surface area contributed by atoms with Crippen molar-refractivity contribution < 1.29 is 27.2 Å². The van der Waals surface area contributed by atoms with E-state index >= 15 is 0 Å². The second-order valence-electron chi connectivity index (χ2n) is 9.77.